The molecule has 0 radical (unpaired) electrons. The molecule has 8 heteroatoms. The first-order chi connectivity index (χ1) is 12.2. The molecule has 3 N–H and O–H groups in total. The van der Waals surface area contributed by atoms with Crippen LogP contribution in [-0.2, 0) is 0 Å². The van der Waals surface area contributed by atoms with E-state index in [-0.39, 0.29) is 24.5 Å². The van der Waals surface area contributed by atoms with Gasteiger partial charge in [-0.2, -0.15) is 0 Å². The Morgan fingerprint density at radius 2 is 2.04 bits per heavy atom. The number of amides is 1. The van der Waals surface area contributed by atoms with E-state index in [4.69, 9.17) is 0 Å². The Hall–Kier alpha value is -2.84. The van der Waals surface area contributed by atoms with E-state index < -0.39 is 6.10 Å². The van der Waals surface area contributed by atoms with Crippen molar-refractivity contribution >= 4 is 11.7 Å². The Balaban J connectivity index is 1.71. The lowest BCUT2D eigenvalue weighted by molar-refractivity contribution is -0.0560. The minimum atomic E-state index is -0.704. The van der Waals surface area contributed by atoms with Gasteiger partial charge in [0.25, 0.3) is 5.91 Å². The quantitative estimate of drug-likeness (QED) is 0.652. The number of hydrogen-bond donors (Lipinski definition) is 3. The van der Waals surface area contributed by atoms with Crippen LogP contribution in [0.2, 0.25) is 0 Å². The number of rotatable bonds is 4. The minimum absolute atomic E-state index is 0.0736. The molecule has 1 amide bonds. The number of aliphatic hydroxyl groups excluding tert-OH is 2. The molecule has 1 aromatic carbocycles. The van der Waals surface area contributed by atoms with Crippen molar-refractivity contribution in [1.29, 1.82) is 0 Å². The molecule has 0 saturated heterocycles. The molecule has 1 saturated carbocycles. The third-order valence-electron chi connectivity index (χ3n) is 4.65. The van der Waals surface area contributed by atoms with Crippen molar-refractivity contribution in [1.82, 2.24) is 19.5 Å². The zero-order valence-electron chi connectivity index (χ0n) is 13.3. The average Bonchev–Trinajstić information content (AvgIpc) is 3.12. The van der Waals surface area contributed by atoms with E-state index >= 15 is 0 Å². The first-order valence-corrected chi connectivity index (χ1v) is 8.02. The van der Waals surface area contributed by atoms with Gasteiger partial charge in [-0.3, -0.25) is 4.79 Å². The Kier molecular flexibility index (Phi) is 3.90. The van der Waals surface area contributed by atoms with E-state index in [2.05, 4.69) is 20.3 Å². The molecule has 8 nitrogen and oxygen atoms in total. The van der Waals surface area contributed by atoms with Gasteiger partial charge in [-0.05, 0) is 18.6 Å². The molecule has 0 spiro atoms. The summed E-state index contributed by atoms with van der Waals surface area (Å²) in [5.74, 6) is 0.415. The topological polar surface area (TPSA) is 113 Å². The van der Waals surface area contributed by atoms with E-state index in [0.717, 1.165) is 0 Å². The number of anilines is 1. The summed E-state index contributed by atoms with van der Waals surface area (Å²) in [6.07, 6.45) is 2.81. The number of nitrogens with zero attached hydrogens (tertiary/aromatic N) is 4. The maximum atomic E-state index is 12.6. The second-order valence-corrected chi connectivity index (χ2v) is 6.10. The van der Waals surface area contributed by atoms with Crippen LogP contribution < -0.4 is 5.32 Å². The number of carbonyl (C=O) groups is 1. The second kappa shape index (κ2) is 6.23. The van der Waals surface area contributed by atoms with Gasteiger partial charge in [-0.1, -0.05) is 18.2 Å². The van der Waals surface area contributed by atoms with E-state index in [1.165, 1.54) is 6.33 Å². The van der Waals surface area contributed by atoms with E-state index in [1.54, 1.807) is 35.2 Å². The molecule has 3 aliphatic rings. The van der Waals surface area contributed by atoms with E-state index in [0.29, 0.717) is 29.3 Å². The number of aliphatic hydroxyl groups is 2. The molecular formula is C17H17N5O3. The maximum absolute atomic E-state index is 12.6. The van der Waals surface area contributed by atoms with Crippen LogP contribution in [0.4, 0.5) is 5.82 Å². The highest BCUT2D eigenvalue weighted by Crippen LogP contribution is 2.41. The fraction of sp³-hybridized carbons (Fsp3) is 0.294. The van der Waals surface area contributed by atoms with Crippen LogP contribution in [0, 0.1) is 5.92 Å². The second-order valence-electron chi connectivity index (χ2n) is 6.10. The minimum Gasteiger partial charge on any atom is -0.396 e. The normalized spacial score (nSPS) is 22.6. The van der Waals surface area contributed by atoms with Crippen molar-refractivity contribution < 1.29 is 15.0 Å². The molecule has 128 valence electrons. The predicted octanol–water partition coefficient (Wildman–Crippen LogP) is 0.944. The van der Waals surface area contributed by atoms with E-state index in [9.17, 15) is 15.0 Å². The summed E-state index contributed by atoms with van der Waals surface area (Å²) < 4.78 is 1.70. The largest absolute Gasteiger partial charge is 0.396 e. The molecule has 1 aromatic rings. The average molecular weight is 339 g/mol. The summed E-state index contributed by atoms with van der Waals surface area (Å²) in [5, 5.41) is 22.4. The fourth-order valence-electron chi connectivity index (χ4n) is 3.13. The summed E-state index contributed by atoms with van der Waals surface area (Å²) in [5.41, 5.74) is 0.979. The monoisotopic (exact) mass is 339 g/mol. The van der Waals surface area contributed by atoms with Crippen molar-refractivity contribution in [2.24, 2.45) is 5.92 Å². The number of nitrogens with one attached hydrogen (secondary N) is 1. The summed E-state index contributed by atoms with van der Waals surface area (Å²) >= 11 is 0. The van der Waals surface area contributed by atoms with Gasteiger partial charge >= 0.3 is 0 Å². The van der Waals surface area contributed by atoms with Crippen LogP contribution in [-0.4, -0.2) is 48.4 Å². The Labute approximate surface area is 143 Å². The van der Waals surface area contributed by atoms with Gasteiger partial charge in [0, 0.05) is 18.1 Å². The molecule has 0 aromatic heterocycles. The summed E-state index contributed by atoms with van der Waals surface area (Å²) in [7, 11) is 0. The van der Waals surface area contributed by atoms with Gasteiger partial charge in [0.2, 0.25) is 0 Å². The van der Waals surface area contributed by atoms with Crippen molar-refractivity contribution in [3.05, 3.63) is 48.5 Å². The number of aromatic nitrogens is 4. The molecule has 0 bridgehead atoms. The molecular weight excluding hydrogens is 322 g/mol. The van der Waals surface area contributed by atoms with Crippen molar-refractivity contribution in [2.45, 2.75) is 18.6 Å². The SMILES string of the molecule is O=C(Nc1c2ncnc-2ncn1[C@@H]1C[C@H](CO)[C@H]1O)c1ccccc1. The highest BCUT2D eigenvalue weighted by molar-refractivity contribution is 6.05. The van der Waals surface area contributed by atoms with Crippen molar-refractivity contribution in [2.75, 3.05) is 11.9 Å². The van der Waals surface area contributed by atoms with Gasteiger partial charge in [-0.15, -0.1) is 0 Å². The maximum Gasteiger partial charge on any atom is 0.256 e. The summed E-state index contributed by atoms with van der Waals surface area (Å²) in [4.78, 5) is 25.1. The van der Waals surface area contributed by atoms with Crippen LogP contribution in [0.5, 0.6) is 0 Å². The zero-order chi connectivity index (χ0) is 17.4. The summed E-state index contributed by atoms with van der Waals surface area (Å²) in [6, 6.07) is 8.56. The lowest BCUT2D eigenvalue weighted by atomic mass is 9.77. The number of benzene rings is 1. The molecule has 3 atom stereocenters. The van der Waals surface area contributed by atoms with Gasteiger partial charge in [0.15, 0.2) is 11.5 Å². The smallest absolute Gasteiger partial charge is 0.256 e. The van der Waals surface area contributed by atoms with Gasteiger partial charge in [-0.25, -0.2) is 15.0 Å². The van der Waals surface area contributed by atoms with Gasteiger partial charge in [0.05, 0.1) is 18.5 Å². The molecule has 4 rings (SSSR count). The molecule has 0 unspecified atom stereocenters. The Morgan fingerprint density at radius 1 is 1.24 bits per heavy atom. The molecule has 2 heterocycles. The highest BCUT2D eigenvalue weighted by atomic mass is 16.3. The van der Waals surface area contributed by atoms with Crippen molar-refractivity contribution in [3.63, 3.8) is 0 Å². The first-order valence-electron chi connectivity index (χ1n) is 8.02. The first kappa shape index (κ1) is 15.7. The predicted molar refractivity (Wildman–Crippen MR) is 89.1 cm³/mol. The number of hydrogen-bond acceptors (Lipinski definition) is 6. The highest BCUT2D eigenvalue weighted by Gasteiger charge is 2.41. The number of fused-ring (bicyclic) bond motifs is 1. The lowest BCUT2D eigenvalue weighted by Gasteiger charge is -2.42. The Morgan fingerprint density at radius 3 is 2.76 bits per heavy atom. The Bertz CT molecular complexity index is 866. The lowest BCUT2D eigenvalue weighted by Crippen LogP contribution is -2.45. The molecule has 2 aliphatic heterocycles. The van der Waals surface area contributed by atoms with Crippen LogP contribution >= 0.6 is 0 Å². The molecule has 25 heavy (non-hydrogen) atoms. The number of carbonyl (C=O) groups excluding carboxylic acids is 1. The van der Waals surface area contributed by atoms with Crippen molar-refractivity contribution in [3.8, 4) is 11.5 Å². The summed E-state index contributed by atoms with van der Waals surface area (Å²) in [6.45, 7) is -0.0736. The zero-order valence-corrected chi connectivity index (χ0v) is 13.3. The standard InChI is InChI=1S/C17H17N5O3/c23-7-11-6-12(14(11)24)22-9-20-15-13(18-8-19-15)16(22)21-17(25)10-4-2-1-3-5-10/h1-5,8-9,11-12,14,23-24H,6-7H2,(H,21,25)/t11-,12-,14-/m1/s1. The molecule has 1 fully saturated rings. The van der Waals surface area contributed by atoms with Crippen LogP contribution in [0.15, 0.2) is 43.0 Å². The van der Waals surface area contributed by atoms with Gasteiger partial charge < -0.3 is 20.1 Å². The third kappa shape index (κ3) is 2.65. The number of imidazole rings is 1. The van der Waals surface area contributed by atoms with Crippen LogP contribution in [0.1, 0.15) is 22.8 Å². The fourth-order valence-corrected chi connectivity index (χ4v) is 3.13. The van der Waals surface area contributed by atoms with Crippen LogP contribution in [0.25, 0.3) is 11.5 Å². The van der Waals surface area contributed by atoms with E-state index in [1.807, 2.05) is 6.07 Å². The van der Waals surface area contributed by atoms with Crippen LogP contribution in [0.3, 0.4) is 0 Å². The van der Waals surface area contributed by atoms with Gasteiger partial charge in [0.1, 0.15) is 12.1 Å². The third-order valence-corrected chi connectivity index (χ3v) is 4.65. The molecule has 1 aliphatic carbocycles.